The second kappa shape index (κ2) is 8.15. The maximum Gasteiger partial charge on any atom is 0.123 e. The summed E-state index contributed by atoms with van der Waals surface area (Å²) in [6, 6.07) is 13.2. The molecule has 2 aromatic rings. The first kappa shape index (κ1) is 16.0. The van der Waals surface area contributed by atoms with Gasteiger partial charge >= 0.3 is 0 Å². The Bertz CT molecular complexity index is 540. The second-order valence-electron chi connectivity index (χ2n) is 4.82. The van der Waals surface area contributed by atoms with Gasteiger partial charge in [0, 0.05) is 16.7 Å². The lowest BCUT2D eigenvalue weighted by Gasteiger charge is -2.18. The van der Waals surface area contributed by atoms with Crippen LogP contribution in [0.25, 0.3) is 0 Å². The number of halogens is 2. The number of nitrogens with one attached hydrogen (secondary N) is 1. The van der Waals surface area contributed by atoms with Crippen molar-refractivity contribution in [1.29, 1.82) is 0 Å². The molecule has 112 valence electrons. The lowest BCUT2D eigenvalue weighted by Crippen LogP contribution is -2.24. The maximum absolute atomic E-state index is 13.0. The molecule has 1 nitrogen and oxygen atoms in total. The van der Waals surface area contributed by atoms with Gasteiger partial charge < -0.3 is 5.32 Å². The van der Waals surface area contributed by atoms with E-state index in [2.05, 4.69) is 12.2 Å². The van der Waals surface area contributed by atoms with Gasteiger partial charge in [-0.1, -0.05) is 19.1 Å². The van der Waals surface area contributed by atoms with Crippen molar-refractivity contribution in [3.05, 3.63) is 65.7 Å². The van der Waals surface area contributed by atoms with Crippen molar-refractivity contribution in [3.8, 4) is 0 Å². The van der Waals surface area contributed by atoms with Crippen molar-refractivity contribution in [2.75, 3.05) is 12.3 Å². The molecule has 0 saturated heterocycles. The SMILES string of the molecule is CCCNC(CSc1ccc(F)cc1)c1ccc(F)cc1. The third-order valence-corrected chi connectivity index (χ3v) is 4.25. The minimum absolute atomic E-state index is 0.153. The standard InChI is InChI=1S/C17H19F2NS/c1-2-11-20-17(13-3-5-14(18)6-4-13)12-21-16-9-7-15(19)8-10-16/h3-10,17,20H,2,11-12H2,1H3. The van der Waals surface area contributed by atoms with Gasteiger partial charge in [-0.25, -0.2) is 8.78 Å². The normalized spacial score (nSPS) is 12.3. The lowest BCUT2D eigenvalue weighted by atomic mass is 10.1. The minimum Gasteiger partial charge on any atom is -0.309 e. The molecular weight excluding hydrogens is 288 g/mol. The summed E-state index contributed by atoms with van der Waals surface area (Å²) < 4.78 is 25.9. The Labute approximate surface area is 128 Å². The van der Waals surface area contributed by atoms with Crippen LogP contribution in [0.4, 0.5) is 8.78 Å². The molecular formula is C17H19F2NS. The first-order chi connectivity index (χ1) is 10.2. The van der Waals surface area contributed by atoms with Crippen LogP contribution in [0.2, 0.25) is 0 Å². The highest BCUT2D eigenvalue weighted by Gasteiger charge is 2.11. The van der Waals surface area contributed by atoms with Crippen LogP contribution >= 0.6 is 11.8 Å². The second-order valence-corrected chi connectivity index (χ2v) is 5.92. The van der Waals surface area contributed by atoms with E-state index in [9.17, 15) is 8.78 Å². The molecule has 0 aliphatic heterocycles. The van der Waals surface area contributed by atoms with E-state index in [-0.39, 0.29) is 17.7 Å². The largest absolute Gasteiger partial charge is 0.309 e. The smallest absolute Gasteiger partial charge is 0.123 e. The first-order valence-electron chi connectivity index (χ1n) is 7.06. The van der Waals surface area contributed by atoms with E-state index < -0.39 is 0 Å². The highest BCUT2D eigenvalue weighted by molar-refractivity contribution is 7.99. The van der Waals surface area contributed by atoms with Crippen LogP contribution in [-0.4, -0.2) is 12.3 Å². The van der Waals surface area contributed by atoms with Crippen molar-refractivity contribution >= 4 is 11.8 Å². The molecule has 0 amide bonds. The third-order valence-electron chi connectivity index (χ3n) is 3.14. The van der Waals surface area contributed by atoms with Gasteiger partial charge in [0.2, 0.25) is 0 Å². The first-order valence-corrected chi connectivity index (χ1v) is 8.05. The summed E-state index contributed by atoms with van der Waals surface area (Å²) in [5.74, 6) is 0.370. The topological polar surface area (TPSA) is 12.0 Å². The molecule has 0 saturated carbocycles. The fourth-order valence-electron chi connectivity index (χ4n) is 2.00. The van der Waals surface area contributed by atoms with E-state index in [1.165, 1.54) is 24.3 Å². The highest BCUT2D eigenvalue weighted by atomic mass is 32.2. The summed E-state index contributed by atoms with van der Waals surface area (Å²) in [5.41, 5.74) is 1.07. The summed E-state index contributed by atoms with van der Waals surface area (Å²) in [6.07, 6.45) is 1.04. The van der Waals surface area contributed by atoms with Crippen LogP contribution < -0.4 is 5.32 Å². The molecule has 1 unspecified atom stereocenters. The Morgan fingerprint density at radius 3 is 2.10 bits per heavy atom. The molecule has 2 aromatic carbocycles. The van der Waals surface area contributed by atoms with Crippen molar-refractivity contribution in [3.63, 3.8) is 0 Å². The Morgan fingerprint density at radius 2 is 1.52 bits per heavy atom. The van der Waals surface area contributed by atoms with Crippen LogP contribution in [0, 0.1) is 11.6 Å². The Morgan fingerprint density at radius 1 is 0.952 bits per heavy atom. The zero-order valence-electron chi connectivity index (χ0n) is 12.0. The molecule has 4 heteroatoms. The molecule has 0 aliphatic carbocycles. The van der Waals surface area contributed by atoms with Crippen molar-refractivity contribution < 1.29 is 8.78 Å². The predicted molar refractivity (Wildman–Crippen MR) is 84.6 cm³/mol. The van der Waals surface area contributed by atoms with Gasteiger partial charge in [0.25, 0.3) is 0 Å². The van der Waals surface area contributed by atoms with E-state index in [0.717, 1.165) is 29.2 Å². The molecule has 0 heterocycles. The Balaban J connectivity index is 2.02. The van der Waals surface area contributed by atoms with Gasteiger partial charge in [0.05, 0.1) is 0 Å². The van der Waals surface area contributed by atoms with E-state index in [1.807, 2.05) is 12.1 Å². The Kier molecular flexibility index (Phi) is 6.21. The maximum atomic E-state index is 13.0. The summed E-state index contributed by atoms with van der Waals surface area (Å²) >= 11 is 1.66. The monoisotopic (exact) mass is 307 g/mol. The van der Waals surface area contributed by atoms with Crippen LogP contribution in [0.15, 0.2) is 53.4 Å². The molecule has 0 radical (unpaired) electrons. The number of rotatable bonds is 7. The molecule has 0 bridgehead atoms. The quantitative estimate of drug-likeness (QED) is 0.738. The molecule has 2 rings (SSSR count). The molecule has 21 heavy (non-hydrogen) atoms. The minimum atomic E-state index is -0.224. The fraction of sp³-hybridized carbons (Fsp3) is 0.294. The average Bonchev–Trinajstić information content (AvgIpc) is 2.50. The zero-order chi connectivity index (χ0) is 15.1. The van der Waals surface area contributed by atoms with Gasteiger partial charge in [-0.3, -0.25) is 0 Å². The number of benzene rings is 2. The van der Waals surface area contributed by atoms with Crippen LogP contribution in [0.1, 0.15) is 24.9 Å². The highest BCUT2D eigenvalue weighted by Crippen LogP contribution is 2.25. The molecule has 0 aliphatic rings. The third kappa shape index (κ3) is 5.14. The molecule has 0 spiro atoms. The van der Waals surface area contributed by atoms with E-state index in [0.29, 0.717) is 0 Å². The van der Waals surface area contributed by atoms with Crippen LogP contribution in [-0.2, 0) is 0 Å². The molecule has 1 N–H and O–H groups in total. The molecule has 1 atom stereocenters. The number of hydrogen-bond donors (Lipinski definition) is 1. The summed E-state index contributed by atoms with van der Waals surface area (Å²) in [7, 11) is 0. The Hall–Kier alpha value is -1.39. The van der Waals surface area contributed by atoms with Crippen LogP contribution in [0.5, 0.6) is 0 Å². The van der Waals surface area contributed by atoms with Gasteiger partial charge in [0.1, 0.15) is 11.6 Å². The summed E-state index contributed by atoms with van der Waals surface area (Å²) in [6.45, 7) is 3.02. The van der Waals surface area contributed by atoms with E-state index in [4.69, 9.17) is 0 Å². The van der Waals surface area contributed by atoms with Crippen LogP contribution in [0.3, 0.4) is 0 Å². The van der Waals surface area contributed by atoms with Crippen molar-refractivity contribution in [2.45, 2.75) is 24.3 Å². The lowest BCUT2D eigenvalue weighted by molar-refractivity contribution is 0.574. The van der Waals surface area contributed by atoms with Crippen molar-refractivity contribution in [2.24, 2.45) is 0 Å². The summed E-state index contributed by atoms with van der Waals surface area (Å²) in [5, 5.41) is 3.47. The van der Waals surface area contributed by atoms with Gasteiger partial charge in [-0.05, 0) is 54.9 Å². The zero-order valence-corrected chi connectivity index (χ0v) is 12.8. The summed E-state index contributed by atoms with van der Waals surface area (Å²) in [4.78, 5) is 1.03. The average molecular weight is 307 g/mol. The van der Waals surface area contributed by atoms with E-state index in [1.54, 1.807) is 23.9 Å². The fourth-order valence-corrected chi connectivity index (χ4v) is 2.99. The number of hydrogen-bond acceptors (Lipinski definition) is 2. The van der Waals surface area contributed by atoms with Gasteiger partial charge in [-0.15, -0.1) is 11.8 Å². The van der Waals surface area contributed by atoms with E-state index >= 15 is 0 Å². The van der Waals surface area contributed by atoms with Gasteiger partial charge in [-0.2, -0.15) is 0 Å². The predicted octanol–water partition coefficient (Wildman–Crippen LogP) is 4.80. The molecule has 0 fully saturated rings. The van der Waals surface area contributed by atoms with Gasteiger partial charge in [0.15, 0.2) is 0 Å². The molecule has 0 aromatic heterocycles. The van der Waals surface area contributed by atoms with Crippen molar-refractivity contribution in [1.82, 2.24) is 5.32 Å². The number of thioether (sulfide) groups is 1.